The van der Waals surface area contributed by atoms with Crippen LogP contribution in [0.5, 0.6) is 0 Å². The van der Waals surface area contributed by atoms with E-state index in [2.05, 4.69) is 20.5 Å². The minimum atomic E-state index is -0.414. The summed E-state index contributed by atoms with van der Waals surface area (Å²) >= 11 is 0. The number of H-pyrrole nitrogens is 1. The van der Waals surface area contributed by atoms with Crippen LogP contribution in [-0.4, -0.2) is 33.2 Å². The number of nitrogens with one attached hydrogen (secondary N) is 2. The third-order valence-corrected chi connectivity index (χ3v) is 3.56. The SMILES string of the molecule is O=[N+]([O-])c1ccc(-c2n[nH]c(C3CCNCC3)n2)cc1. The zero-order valence-electron chi connectivity index (χ0n) is 10.9. The second-order valence-corrected chi connectivity index (χ2v) is 4.87. The van der Waals surface area contributed by atoms with Crippen molar-refractivity contribution < 1.29 is 4.92 Å². The number of aromatic nitrogens is 3. The fraction of sp³-hybridized carbons (Fsp3) is 0.385. The number of non-ortho nitro benzene ring substituents is 1. The fourth-order valence-electron chi connectivity index (χ4n) is 2.41. The summed E-state index contributed by atoms with van der Waals surface area (Å²) in [6, 6.07) is 6.28. The molecule has 2 heterocycles. The summed E-state index contributed by atoms with van der Waals surface area (Å²) in [5, 5.41) is 21.1. The molecule has 1 saturated heterocycles. The van der Waals surface area contributed by atoms with Crippen LogP contribution in [0, 0.1) is 10.1 Å². The van der Waals surface area contributed by atoms with Gasteiger partial charge in [-0.3, -0.25) is 15.2 Å². The van der Waals surface area contributed by atoms with Crippen LogP contribution in [0.15, 0.2) is 24.3 Å². The van der Waals surface area contributed by atoms with Crippen LogP contribution in [0.4, 0.5) is 5.69 Å². The number of hydrogen-bond acceptors (Lipinski definition) is 5. The summed E-state index contributed by atoms with van der Waals surface area (Å²) in [7, 11) is 0. The van der Waals surface area contributed by atoms with Crippen molar-refractivity contribution in [2.24, 2.45) is 0 Å². The first-order valence-electron chi connectivity index (χ1n) is 6.62. The molecule has 0 unspecified atom stereocenters. The van der Waals surface area contributed by atoms with E-state index in [4.69, 9.17) is 0 Å². The molecule has 1 aromatic heterocycles. The molecule has 104 valence electrons. The summed E-state index contributed by atoms with van der Waals surface area (Å²) in [5.41, 5.74) is 0.856. The van der Waals surface area contributed by atoms with E-state index in [-0.39, 0.29) is 5.69 Å². The lowest BCUT2D eigenvalue weighted by Crippen LogP contribution is -2.27. The van der Waals surface area contributed by atoms with Gasteiger partial charge in [0.05, 0.1) is 4.92 Å². The van der Waals surface area contributed by atoms with Gasteiger partial charge in [0.2, 0.25) is 0 Å². The Hall–Kier alpha value is -2.28. The Morgan fingerprint density at radius 2 is 1.90 bits per heavy atom. The standard InChI is InChI=1S/C13H15N5O2/c19-18(20)11-3-1-9(2-4-11)12-15-13(17-16-12)10-5-7-14-8-6-10/h1-4,10,14H,5-8H2,(H,15,16,17). The molecule has 1 fully saturated rings. The molecule has 1 aliphatic heterocycles. The van der Waals surface area contributed by atoms with E-state index >= 15 is 0 Å². The lowest BCUT2D eigenvalue weighted by molar-refractivity contribution is -0.384. The average Bonchev–Trinajstić information content (AvgIpc) is 2.98. The Labute approximate surface area is 115 Å². The van der Waals surface area contributed by atoms with Crippen LogP contribution < -0.4 is 5.32 Å². The minimum Gasteiger partial charge on any atom is -0.317 e. The summed E-state index contributed by atoms with van der Waals surface area (Å²) in [6.07, 6.45) is 2.10. The summed E-state index contributed by atoms with van der Waals surface area (Å²) < 4.78 is 0. The molecule has 0 radical (unpaired) electrons. The number of piperidine rings is 1. The maximum Gasteiger partial charge on any atom is 0.269 e. The maximum absolute atomic E-state index is 10.6. The molecule has 7 nitrogen and oxygen atoms in total. The van der Waals surface area contributed by atoms with E-state index in [1.54, 1.807) is 12.1 Å². The number of rotatable bonds is 3. The lowest BCUT2D eigenvalue weighted by Gasteiger charge is -2.19. The Kier molecular flexibility index (Phi) is 3.42. The fourth-order valence-corrected chi connectivity index (χ4v) is 2.41. The van der Waals surface area contributed by atoms with Gasteiger partial charge in [-0.05, 0) is 38.1 Å². The molecule has 20 heavy (non-hydrogen) atoms. The van der Waals surface area contributed by atoms with E-state index < -0.39 is 4.92 Å². The summed E-state index contributed by atoms with van der Waals surface area (Å²) in [6.45, 7) is 2.00. The number of benzene rings is 1. The van der Waals surface area contributed by atoms with Crippen molar-refractivity contribution in [2.75, 3.05) is 13.1 Å². The van der Waals surface area contributed by atoms with Crippen molar-refractivity contribution in [3.05, 3.63) is 40.2 Å². The highest BCUT2D eigenvalue weighted by Gasteiger charge is 2.19. The van der Waals surface area contributed by atoms with Crippen molar-refractivity contribution >= 4 is 5.69 Å². The molecule has 0 saturated carbocycles. The first-order valence-corrected chi connectivity index (χ1v) is 6.62. The molecule has 7 heteroatoms. The van der Waals surface area contributed by atoms with Crippen LogP contribution in [-0.2, 0) is 0 Å². The van der Waals surface area contributed by atoms with Gasteiger partial charge in [0.25, 0.3) is 5.69 Å². The molecule has 0 spiro atoms. The highest BCUT2D eigenvalue weighted by atomic mass is 16.6. The lowest BCUT2D eigenvalue weighted by atomic mass is 9.98. The predicted octanol–water partition coefficient (Wildman–Crippen LogP) is 1.85. The normalized spacial score (nSPS) is 16.2. The quantitative estimate of drug-likeness (QED) is 0.657. The van der Waals surface area contributed by atoms with Crippen LogP contribution in [0.3, 0.4) is 0 Å². The monoisotopic (exact) mass is 273 g/mol. The zero-order chi connectivity index (χ0) is 13.9. The van der Waals surface area contributed by atoms with Crippen LogP contribution in [0.2, 0.25) is 0 Å². The molecule has 0 aliphatic carbocycles. The van der Waals surface area contributed by atoms with Gasteiger partial charge in [-0.15, -0.1) is 0 Å². The third kappa shape index (κ3) is 2.53. The smallest absolute Gasteiger partial charge is 0.269 e. The van der Waals surface area contributed by atoms with E-state index in [0.717, 1.165) is 37.3 Å². The molecule has 0 amide bonds. The van der Waals surface area contributed by atoms with Crippen molar-refractivity contribution in [2.45, 2.75) is 18.8 Å². The van der Waals surface area contributed by atoms with Gasteiger partial charge in [0.15, 0.2) is 5.82 Å². The summed E-state index contributed by atoms with van der Waals surface area (Å²) in [4.78, 5) is 14.7. The number of nitro groups is 1. The van der Waals surface area contributed by atoms with Crippen LogP contribution in [0.1, 0.15) is 24.6 Å². The van der Waals surface area contributed by atoms with E-state index in [9.17, 15) is 10.1 Å². The third-order valence-electron chi connectivity index (χ3n) is 3.56. The van der Waals surface area contributed by atoms with Gasteiger partial charge >= 0.3 is 0 Å². The topological polar surface area (TPSA) is 96.7 Å². The largest absolute Gasteiger partial charge is 0.317 e. The molecule has 3 rings (SSSR count). The molecule has 2 N–H and O–H groups in total. The van der Waals surface area contributed by atoms with Crippen molar-refractivity contribution in [3.63, 3.8) is 0 Å². The number of nitrogens with zero attached hydrogens (tertiary/aromatic N) is 3. The van der Waals surface area contributed by atoms with E-state index in [1.807, 2.05) is 0 Å². The van der Waals surface area contributed by atoms with Gasteiger partial charge in [-0.25, -0.2) is 4.98 Å². The van der Waals surface area contributed by atoms with Gasteiger partial charge in [-0.2, -0.15) is 5.10 Å². The van der Waals surface area contributed by atoms with Crippen LogP contribution in [0.25, 0.3) is 11.4 Å². The van der Waals surface area contributed by atoms with Gasteiger partial charge in [0, 0.05) is 23.6 Å². The molecule has 0 atom stereocenters. The van der Waals surface area contributed by atoms with Crippen molar-refractivity contribution in [1.82, 2.24) is 20.5 Å². The van der Waals surface area contributed by atoms with Gasteiger partial charge < -0.3 is 5.32 Å². The molecule has 1 aromatic carbocycles. The van der Waals surface area contributed by atoms with E-state index in [0.29, 0.717) is 11.7 Å². The van der Waals surface area contributed by atoms with Crippen LogP contribution >= 0.6 is 0 Å². The zero-order valence-corrected chi connectivity index (χ0v) is 10.9. The summed E-state index contributed by atoms with van der Waals surface area (Å²) in [5.74, 6) is 1.91. The molecule has 1 aliphatic rings. The average molecular weight is 273 g/mol. The minimum absolute atomic E-state index is 0.0721. The Balaban J connectivity index is 1.80. The molecular weight excluding hydrogens is 258 g/mol. The Morgan fingerprint density at radius 3 is 2.55 bits per heavy atom. The highest BCUT2D eigenvalue weighted by molar-refractivity contribution is 5.56. The number of hydrogen-bond donors (Lipinski definition) is 2. The Morgan fingerprint density at radius 1 is 1.20 bits per heavy atom. The second-order valence-electron chi connectivity index (χ2n) is 4.87. The number of aromatic amines is 1. The van der Waals surface area contributed by atoms with E-state index in [1.165, 1.54) is 12.1 Å². The number of nitro benzene ring substituents is 1. The van der Waals surface area contributed by atoms with Crippen molar-refractivity contribution in [1.29, 1.82) is 0 Å². The first kappa shape index (κ1) is 12.7. The molecule has 0 bridgehead atoms. The first-order chi connectivity index (χ1) is 9.74. The predicted molar refractivity (Wildman–Crippen MR) is 73.3 cm³/mol. The molecular formula is C13H15N5O2. The molecule has 2 aromatic rings. The maximum atomic E-state index is 10.6. The second kappa shape index (κ2) is 5.38. The van der Waals surface area contributed by atoms with Crippen molar-refractivity contribution in [3.8, 4) is 11.4 Å². The van der Waals surface area contributed by atoms with Gasteiger partial charge in [-0.1, -0.05) is 0 Å². The Bertz CT molecular complexity index is 601. The highest BCUT2D eigenvalue weighted by Crippen LogP contribution is 2.25. The van der Waals surface area contributed by atoms with Gasteiger partial charge in [0.1, 0.15) is 5.82 Å².